The van der Waals surface area contributed by atoms with Crippen molar-refractivity contribution in [2.24, 2.45) is 0 Å². The monoisotopic (exact) mass is 217 g/mol. The smallest absolute Gasteiger partial charge is 0.164 e. The van der Waals surface area contributed by atoms with Crippen molar-refractivity contribution >= 4 is 7.82 Å². The number of aliphatic hydroxyl groups excluding tert-OH is 3. The van der Waals surface area contributed by atoms with Crippen molar-refractivity contribution in [2.75, 3.05) is 19.8 Å². The van der Waals surface area contributed by atoms with Gasteiger partial charge in [0.25, 0.3) is 0 Å². The molecule has 0 aliphatic heterocycles. The number of quaternary nitrogens is 1. The average molecular weight is 217 g/mol. The molecule has 8 nitrogen and oxygen atoms in total. The SMILES string of the molecule is O=P([O-])([O-])[O-].[NH3+]C(CO)(CO)CO. The lowest BCUT2D eigenvalue weighted by Crippen LogP contribution is -2.78. The molecule has 6 N–H and O–H groups in total. The van der Waals surface area contributed by atoms with Gasteiger partial charge in [0, 0.05) is 0 Å². The predicted octanol–water partition coefficient (Wildman–Crippen LogP) is -5.88. The van der Waals surface area contributed by atoms with Crippen LogP contribution in [-0.4, -0.2) is 40.7 Å². The van der Waals surface area contributed by atoms with E-state index in [9.17, 15) is 0 Å². The van der Waals surface area contributed by atoms with Crippen LogP contribution in [0.2, 0.25) is 0 Å². The molecule has 9 heteroatoms. The van der Waals surface area contributed by atoms with Crippen LogP contribution in [0.4, 0.5) is 0 Å². The lowest BCUT2D eigenvalue weighted by atomic mass is 10.1. The molecule has 0 amide bonds. The van der Waals surface area contributed by atoms with E-state index in [0.717, 1.165) is 0 Å². The molecule has 0 fully saturated rings. The fourth-order valence-corrected chi connectivity index (χ4v) is 0.150. The van der Waals surface area contributed by atoms with Crippen molar-refractivity contribution in [3.8, 4) is 0 Å². The number of aliphatic hydroxyl groups is 3. The summed E-state index contributed by atoms with van der Waals surface area (Å²) in [6, 6.07) is 0. The van der Waals surface area contributed by atoms with E-state index in [1.54, 1.807) is 0 Å². The molecule has 0 bridgehead atoms. The zero-order valence-corrected chi connectivity index (χ0v) is 7.64. The zero-order chi connectivity index (χ0) is 11.1. The van der Waals surface area contributed by atoms with Crippen LogP contribution in [0.1, 0.15) is 0 Å². The number of hydrogen-bond acceptors (Lipinski definition) is 7. The average Bonchev–Trinajstić information content (AvgIpc) is 2.00. The van der Waals surface area contributed by atoms with Crippen LogP contribution >= 0.6 is 7.82 Å². The molecule has 0 aliphatic rings. The first-order valence-corrected chi connectivity index (χ1v) is 4.55. The van der Waals surface area contributed by atoms with Gasteiger partial charge in [0.1, 0.15) is 19.8 Å². The Bertz CT molecular complexity index is 147. The van der Waals surface area contributed by atoms with Gasteiger partial charge in [-0.3, -0.25) is 0 Å². The second-order valence-electron chi connectivity index (χ2n) is 2.42. The third kappa shape index (κ3) is 14.8. The minimum absolute atomic E-state index is 0.292. The summed E-state index contributed by atoms with van der Waals surface area (Å²) in [5.41, 5.74) is 2.42. The van der Waals surface area contributed by atoms with Crippen molar-refractivity contribution in [3.05, 3.63) is 0 Å². The molecule has 0 atom stereocenters. The maximum absolute atomic E-state index is 8.55. The summed E-state index contributed by atoms with van der Waals surface area (Å²) < 4.78 is 8.55. The topological polar surface area (TPSA) is 175 Å². The second kappa shape index (κ2) is 6.41. The lowest BCUT2D eigenvalue weighted by Gasteiger charge is -2.36. The van der Waals surface area contributed by atoms with Crippen molar-refractivity contribution in [1.82, 2.24) is 0 Å². The number of phosphoric acid groups is 1. The van der Waals surface area contributed by atoms with E-state index in [0.29, 0.717) is 0 Å². The van der Waals surface area contributed by atoms with Crippen molar-refractivity contribution in [2.45, 2.75) is 5.54 Å². The molecular formula is C4H12NO7P-2. The maximum Gasteiger partial charge on any atom is 0.164 e. The van der Waals surface area contributed by atoms with Gasteiger partial charge in [0.15, 0.2) is 5.54 Å². The Hall–Kier alpha value is -0.0500. The van der Waals surface area contributed by atoms with E-state index in [1.165, 1.54) is 0 Å². The Morgan fingerprint density at radius 1 is 1.08 bits per heavy atom. The van der Waals surface area contributed by atoms with Crippen LogP contribution in [0.25, 0.3) is 0 Å². The van der Waals surface area contributed by atoms with E-state index in [2.05, 4.69) is 5.73 Å². The molecule has 0 aromatic rings. The van der Waals surface area contributed by atoms with Crippen LogP contribution in [0.5, 0.6) is 0 Å². The van der Waals surface area contributed by atoms with Gasteiger partial charge in [-0.15, -0.1) is 0 Å². The minimum atomic E-state index is -5.39. The van der Waals surface area contributed by atoms with Gasteiger partial charge in [-0.1, -0.05) is 0 Å². The summed E-state index contributed by atoms with van der Waals surface area (Å²) >= 11 is 0. The first-order valence-electron chi connectivity index (χ1n) is 3.09. The van der Waals surface area contributed by atoms with Gasteiger partial charge in [0.05, 0.1) is 0 Å². The minimum Gasteiger partial charge on any atom is -0.822 e. The molecule has 13 heavy (non-hydrogen) atoms. The van der Waals surface area contributed by atoms with E-state index in [-0.39, 0.29) is 19.8 Å². The summed E-state index contributed by atoms with van der Waals surface area (Å²) in [5.74, 6) is 0. The Morgan fingerprint density at radius 3 is 1.23 bits per heavy atom. The fraction of sp³-hybridized carbons (Fsp3) is 1.00. The van der Waals surface area contributed by atoms with Gasteiger partial charge < -0.3 is 40.3 Å². The van der Waals surface area contributed by atoms with Gasteiger partial charge in [0.2, 0.25) is 0 Å². The Morgan fingerprint density at radius 2 is 1.23 bits per heavy atom. The second-order valence-corrected chi connectivity index (χ2v) is 3.32. The van der Waals surface area contributed by atoms with E-state index < -0.39 is 13.4 Å². The fourth-order valence-electron chi connectivity index (χ4n) is 0.150. The van der Waals surface area contributed by atoms with Crippen LogP contribution in [0.3, 0.4) is 0 Å². The first kappa shape index (κ1) is 15.4. The zero-order valence-electron chi connectivity index (χ0n) is 6.75. The normalized spacial score (nSPS) is 11.9. The predicted molar refractivity (Wildman–Crippen MR) is 34.5 cm³/mol. The van der Waals surface area contributed by atoms with Crippen LogP contribution in [-0.2, 0) is 4.57 Å². The van der Waals surface area contributed by atoms with E-state index >= 15 is 0 Å². The summed E-state index contributed by atoms with van der Waals surface area (Å²) in [7, 11) is -5.39. The molecule has 0 aromatic heterocycles. The molecule has 0 saturated heterocycles. The summed E-state index contributed by atoms with van der Waals surface area (Å²) in [5, 5.41) is 25.2. The van der Waals surface area contributed by atoms with Crippen LogP contribution in [0, 0.1) is 0 Å². The number of hydrogen-bond donors (Lipinski definition) is 4. The van der Waals surface area contributed by atoms with Crippen LogP contribution < -0.4 is 20.4 Å². The molecule has 0 rings (SSSR count). The summed E-state index contributed by atoms with van der Waals surface area (Å²) in [4.78, 5) is 25.6. The molecule has 0 aliphatic carbocycles. The third-order valence-electron chi connectivity index (χ3n) is 1.01. The molecule has 0 aromatic carbocycles. The molecule has 0 saturated carbocycles. The van der Waals surface area contributed by atoms with Crippen molar-refractivity contribution in [3.63, 3.8) is 0 Å². The maximum atomic E-state index is 8.55. The molecule has 0 unspecified atom stereocenters. The molecule has 0 spiro atoms. The largest absolute Gasteiger partial charge is 0.822 e. The highest BCUT2D eigenvalue weighted by molar-refractivity contribution is 7.40. The highest BCUT2D eigenvalue weighted by Crippen LogP contribution is 2.03. The quantitative estimate of drug-likeness (QED) is 0.340. The first-order chi connectivity index (χ1) is 5.68. The standard InChI is InChI=1S/C4H11NO3.H3O4P/c5-4(1-6,2-7)3-8;1-5(2,3)4/h6-8H,1-3,5H2;(H3,1,2,3,4)/p-2. The molecule has 82 valence electrons. The van der Waals surface area contributed by atoms with Crippen molar-refractivity contribution in [1.29, 1.82) is 0 Å². The van der Waals surface area contributed by atoms with Crippen LogP contribution in [0.15, 0.2) is 0 Å². The van der Waals surface area contributed by atoms with Gasteiger partial charge in [-0.05, 0) is 0 Å². The molecule has 0 heterocycles. The van der Waals surface area contributed by atoms with Crippen molar-refractivity contribution < 1.29 is 40.3 Å². The Labute approximate surface area is 74.5 Å². The highest BCUT2D eigenvalue weighted by Gasteiger charge is 2.25. The Balaban J connectivity index is 0. The summed E-state index contributed by atoms with van der Waals surface area (Å²) in [6.07, 6.45) is 0. The van der Waals surface area contributed by atoms with Gasteiger partial charge in [-0.2, -0.15) is 7.82 Å². The third-order valence-corrected chi connectivity index (χ3v) is 1.01. The van der Waals surface area contributed by atoms with E-state index in [1.807, 2.05) is 0 Å². The highest BCUT2D eigenvalue weighted by atomic mass is 31.2. The lowest BCUT2D eigenvalue weighted by molar-refractivity contribution is -0.494. The van der Waals surface area contributed by atoms with Gasteiger partial charge in [-0.25, -0.2) is 0 Å². The molecular weight excluding hydrogens is 205 g/mol. The van der Waals surface area contributed by atoms with E-state index in [4.69, 9.17) is 34.6 Å². The molecule has 0 radical (unpaired) electrons. The number of rotatable bonds is 3. The van der Waals surface area contributed by atoms with Gasteiger partial charge >= 0.3 is 0 Å². The summed E-state index contributed by atoms with van der Waals surface area (Å²) in [6.45, 7) is -0.875. The Kier molecular flexibility index (Phi) is 7.61.